The minimum Gasteiger partial charge on any atom is -0.494 e. The molecule has 2 aromatic rings. The van der Waals surface area contributed by atoms with Gasteiger partial charge in [-0.05, 0) is 129 Å². The lowest BCUT2D eigenvalue weighted by molar-refractivity contribution is 0.238. The molecule has 10 heteroatoms. The Hall–Kier alpha value is -3.76. The highest BCUT2D eigenvalue weighted by atomic mass is 32.2. The summed E-state index contributed by atoms with van der Waals surface area (Å²) >= 11 is 4.05. The van der Waals surface area contributed by atoms with E-state index in [-0.39, 0.29) is 21.6 Å². The number of amides is 4. The number of benzene rings is 2. The molecule has 2 aliphatic heterocycles. The van der Waals surface area contributed by atoms with Gasteiger partial charge in [-0.15, -0.1) is 23.5 Å². The molecular weight excluding hydrogens is 893 g/mol. The Kier molecular flexibility index (Phi) is 23.4. The quantitative estimate of drug-likeness (QED) is 0.0521. The summed E-state index contributed by atoms with van der Waals surface area (Å²) in [7, 11) is 0. The maximum Gasteiger partial charge on any atom is 0.314 e. The van der Waals surface area contributed by atoms with Crippen LogP contribution < -0.4 is 30.7 Å². The lowest BCUT2D eigenvalue weighted by atomic mass is 9.72. The van der Waals surface area contributed by atoms with Gasteiger partial charge in [0.15, 0.2) is 0 Å². The molecule has 0 bridgehead atoms. The van der Waals surface area contributed by atoms with E-state index in [4.69, 9.17) is 9.47 Å². The molecule has 0 aromatic heterocycles. The van der Waals surface area contributed by atoms with Crippen molar-refractivity contribution in [2.24, 2.45) is 0 Å². The molecule has 2 aliphatic carbocycles. The Morgan fingerprint density at radius 3 is 1.13 bits per heavy atom. The van der Waals surface area contributed by atoms with Crippen LogP contribution in [0.4, 0.5) is 9.59 Å². The van der Waals surface area contributed by atoms with E-state index in [0.717, 1.165) is 63.1 Å². The highest BCUT2D eigenvalue weighted by Gasteiger charge is 2.59. The first-order valence-corrected chi connectivity index (χ1v) is 29.2. The Morgan fingerprint density at radius 2 is 0.783 bits per heavy atom. The zero-order chi connectivity index (χ0) is 48.6. The second-order valence-electron chi connectivity index (χ2n) is 20.1. The van der Waals surface area contributed by atoms with Gasteiger partial charge in [0.05, 0.1) is 22.7 Å². The summed E-state index contributed by atoms with van der Waals surface area (Å²) in [5, 5.41) is 12.0. The fourth-order valence-electron chi connectivity index (χ4n) is 10.3. The standard InChI is InChI=1S/C59H88N4O4S2/c1-5-7-9-11-13-15-17-19-21-23-38-60-56(64)62-40-26-42-66-48-34-30-46(31-35-48)54-44-52-50-28-25-29-51(50)53-45-55(69-59(53,4)58(52,3)68-54)47-32-36-49(37-33-47)67-43-27-41-63-57(65)61-39-24-22-20-18-16-14-12-10-8-6-2/h30-37,44-45H,5-29,38-43H2,1-4H3,(H2,60,62,64)(H2,61,63,65). The molecule has 8 nitrogen and oxygen atoms in total. The molecule has 2 unspecified atom stereocenters. The van der Waals surface area contributed by atoms with Crippen molar-refractivity contribution in [3.05, 3.63) is 94.1 Å². The lowest BCUT2D eigenvalue weighted by Crippen LogP contribution is -2.47. The number of allylic oxidation sites excluding steroid dienone is 4. The van der Waals surface area contributed by atoms with Crippen molar-refractivity contribution in [3.8, 4) is 11.5 Å². The molecule has 4 N–H and O–H groups in total. The largest absolute Gasteiger partial charge is 0.494 e. The molecule has 1 saturated carbocycles. The van der Waals surface area contributed by atoms with Crippen molar-refractivity contribution < 1.29 is 19.1 Å². The van der Waals surface area contributed by atoms with Gasteiger partial charge in [0.1, 0.15) is 11.5 Å². The molecule has 380 valence electrons. The molecule has 2 heterocycles. The summed E-state index contributed by atoms with van der Waals surface area (Å²) in [4.78, 5) is 27.2. The number of thioether (sulfide) groups is 2. The van der Waals surface area contributed by atoms with Gasteiger partial charge >= 0.3 is 12.1 Å². The first kappa shape index (κ1) is 54.6. The van der Waals surface area contributed by atoms with Crippen LogP contribution in [0.1, 0.15) is 199 Å². The normalized spacial score (nSPS) is 19.2. The van der Waals surface area contributed by atoms with E-state index in [1.807, 2.05) is 23.5 Å². The predicted molar refractivity (Wildman–Crippen MR) is 295 cm³/mol. The zero-order valence-corrected chi connectivity index (χ0v) is 44.8. The van der Waals surface area contributed by atoms with E-state index in [1.54, 1.807) is 11.1 Å². The number of unbranched alkanes of at least 4 members (excludes halogenated alkanes) is 18. The van der Waals surface area contributed by atoms with Crippen LogP contribution in [-0.4, -0.2) is 60.9 Å². The molecule has 0 spiro atoms. The third-order valence-corrected chi connectivity index (χ3v) is 18.0. The summed E-state index contributed by atoms with van der Waals surface area (Å²) in [6, 6.07) is 17.0. The van der Waals surface area contributed by atoms with E-state index in [0.29, 0.717) is 26.3 Å². The third-order valence-electron chi connectivity index (χ3n) is 14.6. The van der Waals surface area contributed by atoms with Crippen molar-refractivity contribution >= 4 is 45.4 Å². The van der Waals surface area contributed by atoms with E-state index in [1.165, 1.54) is 154 Å². The molecule has 69 heavy (non-hydrogen) atoms. The smallest absolute Gasteiger partial charge is 0.314 e. The van der Waals surface area contributed by atoms with Gasteiger partial charge in [-0.25, -0.2) is 9.59 Å². The molecule has 2 aromatic carbocycles. The average molecular weight is 982 g/mol. The maximum atomic E-state index is 12.3. The van der Waals surface area contributed by atoms with Gasteiger partial charge in [-0.2, -0.15) is 0 Å². The minimum absolute atomic E-state index is 0.0830. The number of hydrogen-bond donors (Lipinski definition) is 4. The second kappa shape index (κ2) is 29.6. The van der Waals surface area contributed by atoms with Crippen molar-refractivity contribution in [1.29, 1.82) is 0 Å². The summed E-state index contributed by atoms with van der Waals surface area (Å²) in [6.07, 6.45) is 35.9. The third kappa shape index (κ3) is 16.4. The molecule has 2 atom stereocenters. The van der Waals surface area contributed by atoms with Crippen LogP contribution in [0.25, 0.3) is 9.81 Å². The summed E-state index contributed by atoms with van der Waals surface area (Å²) in [5.41, 5.74) is 8.61. The minimum atomic E-state index is -0.105. The van der Waals surface area contributed by atoms with E-state index in [9.17, 15) is 9.59 Å². The molecule has 0 radical (unpaired) electrons. The van der Waals surface area contributed by atoms with Crippen LogP contribution in [0.5, 0.6) is 11.5 Å². The highest BCUT2D eigenvalue weighted by molar-refractivity contribution is 8.14. The number of carbonyl (C=O) groups is 2. The summed E-state index contributed by atoms with van der Waals surface area (Å²) in [6.45, 7) is 13.2. The number of rotatable bonds is 34. The van der Waals surface area contributed by atoms with Crippen LogP contribution in [-0.2, 0) is 0 Å². The predicted octanol–water partition coefficient (Wildman–Crippen LogP) is 15.8. The average Bonchev–Trinajstić information content (AvgIpc) is 4.09. The van der Waals surface area contributed by atoms with Crippen molar-refractivity contribution in [2.45, 2.75) is 198 Å². The maximum absolute atomic E-state index is 12.3. The molecule has 4 amide bonds. The first-order chi connectivity index (χ1) is 33.8. The van der Waals surface area contributed by atoms with Crippen molar-refractivity contribution in [3.63, 3.8) is 0 Å². The Labute approximate surface area is 426 Å². The molecule has 4 aliphatic rings. The molecular formula is C59H88N4O4S2. The topological polar surface area (TPSA) is 101 Å². The Morgan fingerprint density at radius 1 is 0.464 bits per heavy atom. The van der Waals surface area contributed by atoms with Gasteiger partial charge in [0, 0.05) is 36.0 Å². The summed E-state index contributed by atoms with van der Waals surface area (Å²) in [5.74, 6) is 1.71. The lowest BCUT2D eigenvalue weighted by Gasteiger charge is -2.47. The van der Waals surface area contributed by atoms with E-state index >= 15 is 0 Å². The van der Waals surface area contributed by atoms with Crippen LogP contribution in [0.2, 0.25) is 0 Å². The van der Waals surface area contributed by atoms with Gasteiger partial charge in [0.25, 0.3) is 0 Å². The van der Waals surface area contributed by atoms with Gasteiger partial charge in [-0.3, -0.25) is 0 Å². The van der Waals surface area contributed by atoms with Crippen LogP contribution >= 0.6 is 23.5 Å². The monoisotopic (exact) mass is 981 g/mol. The van der Waals surface area contributed by atoms with Crippen molar-refractivity contribution in [1.82, 2.24) is 21.3 Å². The van der Waals surface area contributed by atoms with Gasteiger partial charge in [-0.1, -0.05) is 154 Å². The fraction of sp³-hybridized carbons (Fsp3) is 0.627. The Bertz CT molecular complexity index is 1880. The van der Waals surface area contributed by atoms with Crippen molar-refractivity contribution in [2.75, 3.05) is 39.4 Å². The molecule has 6 rings (SSSR count). The zero-order valence-electron chi connectivity index (χ0n) is 43.1. The van der Waals surface area contributed by atoms with E-state index < -0.39 is 0 Å². The number of nitrogens with one attached hydrogen (secondary N) is 4. The highest BCUT2D eigenvalue weighted by Crippen LogP contribution is 2.70. The fourth-order valence-corrected chi connectivity index (χ4v) is 13.5. The number of fused-ring (bicyclic) bond motifs is 4. The molecule has 0 saturated heterocycles. The SMILES string of the molecule is CCCCCCCCCCCCNC(=O)NCCCOc1ccc(C2=CC3=C4CCCC4=C4C=C(c5ccc(OCCCNC(=O)NCCCCCCCCCCCC)cc5)SC4(C)C3(C)S2)cc1. The molecule has 1 fully saturated rings. The van der Waals surface area contributed by atoms with Crippen LogP contribution in [0.3, 0.4) is 0 Å². The second-order valence-corrected chi connectivity index (χ2v) is 23.0. The van der Waals surface area contributed by atoms with Gasteiger partial charge < -0.3 is 30.7 Å². The first-order valence-electron chi connectivity index (χ1n) is 27.5. The Balaban J connectivity index is 0.874. The summed E-state index contributed by atoms with van der Waals surface area (Å²) < 4.78 is 12.0. The van der Waals surface area contributed by atoms with Crippen LogP contribution in [0, 0.1) is 0 Å². The number of hydrogen-bond acceptors (Lipinski definition) is 6. The number of carbonyl (C=O) groups excluding carboxylic acids is 2. The van der Waals surface area contributed by atoms with Crippen LogP contribution in [0.15, 0.2) is 83.0 Å². The number of urea groups is 2. The van der Waals surface area contributed by atoms with Gasteiger partial charge in [0.2, 0.25) is 0 Å². The van der Waals surface area contributed by atoms with E-state index in [2.05, 4.69) is 110 Å². The number of ether oxygens (including phenoxy) is 2.